The number of amides is 1. The molecule has 1 atom stereocenters. The molecule has 3 aromatic rings. The first-order valence-corrected chi connectivity index (χ1v) is 10.9. The van der Waals surface area contributed by atoms with Crippen molar-refractivity contribution in [3.05, 3.63) is 69.7 Å². The number of thiazole rings is 1. The molecule has 1 fully saturated rings. The van der Waals surface area contributed by atoms with Crippen LogP contribution in [-0.2, 0) is 17.9 Å². The summed E-state index contributed by atoms with van der Waals surface area (Å²) in [5.41, 5.74) is 3.60. The molecule has 1 aliphatic carbocycles. The summed E-state index contributed by atoms with van der Waals surface area (Å²) in [6.45, 7) is 4.17. The minimum Gasteiger partial charge on any atom is -0.337 e. The molecule has 0 saturated heterocycles. The van der Waals surface area contributed by atoms with E-state index in [4.69, 9.17) is 4.98 Å². The Balaban J connectivity index is 1.48. The summed E-state index contributed by atoms with van der Waals surface area (Å²) >= 11 is 1.67. The minimum absolute atomic E-state index is 0.101. The number of rotatable bonds is 4. The normalized spacial score (nSPS) is 19.3. The van der Waals surface area contributed by atoms with Crippen molar-refractivity contribution >= 4 is 17.2 Å². The number of carbonyl (C=O) groups is 1. The average Bonchev–Trinajstić information content (AvgIpc) is 3.28. The molecule has 6 heteroatoms. The van der Waals surface area contributed by atoms with Crippen LogP contribution in [0.5, 0.6) is 0 Å². The fourth-order valence-corrected chi connectivity index (χ4v) is 4.93. The van der Waals surface area contributed by atoms with Crippen LogP contribution in [0, 0.1) is 12.8 Å². The van der Waals surface area contributed by atoms with E-state index in [2.05, 4.69) is 44.1 Å². The monoisotopic (exact) mass is 392 g/mol. The zero-order chi connectivity index (χ0) is 19.1. The number of hydrogen-bond donors (Lipinski definition) is 0. The molecule has 5 rings (SSSR count). The molecule has 0 bridgehead atoms. The molecule has 1 unspecified atom stereocenters. The average molecular weight is 393 g/mol. The van der Waals surface area contributed by atoms with Gasteiger partial charge in [0.05, 0.1) is 23.2 Å². The fourth-order valence-electron chi connectivity index (χ4n) is 4.33. The molecule has 1 saturated carbocycles. The molecular formula is C22H24N4OS. The number of benzene rings is 1. The van der Waals surface area contributed by atoms with Crippen LogP contribution < -0.4 is 0 Å². The van der Waals surface area contributed by atoms with Crippen LogP contribution in [0.15, 0.2) is 42.0 Å². The van der Waals surface area contributed by atoms with E-state index < -0.39 is 0 Å². The summed E-state index contributed by atoms with van der Waals surface area (Å²) in [7, 11) is 0. The Morgan fingerprint density at radius 1 is 1.29 bits per heavy atom. The van der Waals surface area contributed by atoms with Crippen LogP contribution in [0.4, 0.5) is 0 Å². The van der Waals surface area contributed by atoms with Crippen molar-refractivity contribution in [3.63, 3.8) is 0 Å². The van der Waals surface area contributed by atoms with Gasteiger partial charge in [-0.1, -0.05) is 30.7 Å². The van der Waals surface area contributed by atoms with Gasteiger partial charge in [0.2, 0.25) is 5.91 Å². The third kappa shape index (κ3) is 3.15. The number of aromatic nitrogens is 3. The maximum atomic E-state index is 13.0. The van der Waals surface area contributed by atoms with Gasteiger partial charge in [-0.3, -0.25) is 4.79 Å². The molecule has 3 heterocycles. The first-order chi connectivity index (χ1) is 13.7. The first kappa shape index (κ1) is 17.6. The number of nitrogens with zero attached hydrogens (tertiary/aromatic N) is 4. The zero-order valence-corrected chi connectivity index (χ0v) is 16.9. The van der Waals surface area contributed by atoms with Crippen molar-refractivity contribution in [3.8, 4) is 0 Å². The lowest BCUT2D eigenvalue weighted by atomic mass is 9.82. The molecule has 0 N–H and O–H groups in total. The maximum Gasteiger partial charge on any atom is 0.226 e. The van der Waals surface area contributed by atoms with E-state index in [1.54, 1.807) is 11.3 Å². The largest absolute Gasteiger partial charge is 0.337 e. The van der Waals surface area contributed by atoms with Gasteiger partial charge < -0.3 is 9.47 Å². The molecule has 2 aliphatic rings. The highest BCUT2D eigenvalue weighted by Crippen LogP contribution is 2.36. The van der Waals surface area contributed by atoms with Gasteiger partial charge in [0.15, 0.2) is 0 Å². The maximum absolute atomic E-state index is 13.0. The third-order valence-corrected chi connectivity index (χ3v) is 6.84. The molecular weight excluding hydrogens is 368 g/mol. The van der Waals surface area contributed by atoms with E-state index in [1.165, 1.54) is 17.5 Å². The van der Waals surface area contributed by atoms with Crippen molar-refractivity contribution in [1.29, 1.82) is 0 Å². The van der Waals surface area contributed by atoms with Crippen LogP contribution in [0.1, 0.15) is 52.8 Å². The highest BCUT2D eigenvalue weighted by Gasteiger charge is 2.35. The van der Waals surface area contributed by atoms with E-state index in [0.717, 1.165) is 35.9 Å². The smallest absolute Gasteiger partial charge is 0.226 e. The quantitative estimate of drug-likeness (QED) is 0.675. The van der Waals surface area contributed by atoms with Crippen LogP contribution in [0.25, 0.3) is 0 Å². The molecule has 1 aliphatic heterocycles. The van der Waals surface area contributed by atoms with Crippen molar-refractivity contribution in [2.24, 2.45) is 5.92 Å². The van der Waals surface area contributed by atoms with Crippen LogP contribution >= 0.6 is 11.3 Å². The fraction of sp³-hybridized carbons (Fsp3) is 0.409. The summed E-state index contributed by atoms with van der Waals surface area (Å²) in [6, 6.07) is 8.50. The van der Waals surface area contributed by atoms with Gasteiger partial charge in [-0.2, -0.15) is 0 Å². The predicted octanol–water partition coefficient (Wildman–Crippen LogP) is 3.97. The Morgan fingerprint density at radius 2 is 2.14 bits per heavy atom. The van der Waals surface area contributed by atoms with E-state index in [0.29, 0.717) is 19.0 Å². The summed E-state index contributed by atoms with van der Waals surface area (Å²) in [6.07, 6.45) is 7.16. The second-order valence-electron chi connectivity index (χ2n) is 7.87. The summed E-state index contributed by atoms with van der Waals surface area (Å²) < 4.78 is 2.19. The lowest BCUT2D eigenvalue weighted by molar-refractivity contribution is -0.139. The molecule has 0 spiro atoms. The second kappa shape index (κ2) is 7.17. The molecule has 1 aromatic carbocycles. The van der Waals surface area contributed by atoms with E-state index in [9.17, 15) is 4.79 Å². The van der Waals surface area contributed by atoms with Crippen molar-refractivity contribution in [1.82, 2.24) is 19.4 Å². The Bertz CT molecular complexity index is 1000. The Labute approximate surface area is 169 Å². The highest BCUT2D eigenvalue weighted by molar-refractivity contribution is 7.09. The molecule has 28 heavy (non-hydrogen) atoms. The SMILES string of the molecule is Cc1nc(Cn2ccnc2C2CN(C(=O)C3CCC3)Cc3ccccc32)cs1. The Hall–Kier alpha value is -2.47. The minimum atomic E-state index is 0.101. The van der Waals surface area contributed by atoms with Gasteiger partial charge in [-0.05, 0) is 30.9 Å². The molecule has 5 nitrogen and oxygen atoms in total. The van der Waals surface area contributed by atoms with Gasteiger partial charge in [0.1, 0.15) is 5.82 Å². The van der Waals surface area contributed by atoms with Gasteiger partial charge in [0, 0.05) is 36.8 Å². The second-order valence-corrected chi connectivity index (χ2v) is 8.93. The lowest BCUT2D eigenvalue weighted by Gasteiger charge is -2.38. The Kier molecular flexibility index (Phi) is 4.51. The summed E-state index contributed by atoms with van der Waals surface area (Å²) in [4.78, 5) is 24.4. The molecule has 0 radical (unpaired) electrons. The predicted molar refractivity (Wildman–Crippen MR) is 109 cm³/mol. The van der Waals surface area contributed by atoms with Gasteiger partial charge >= 0.3 is 0 Å². The van der Waals surface area contributed by atoms with Crippen molar-refractivity contribution in [2.75, 3.05) is 6.54 Å². The van der Waals surface area contributed by atoms with Crippen molar-refractivity contribution < 1.29 is 4.79 Å². The molecule has 144 valence electrons. The highest BCUT2D eigenvalue weighted by atomic mass is 32.1. The van der Waals surface area contributed by atoms with Gasteiger partial charge in [0.25, 0.3) is 0 Å². The zero-order valence-electron chi connectivity index (χ0n) is 16.0. The van der Waals surface area contributed by atoms with Gasteiger partial charge in [-0.15, -0.1) is 11.3 Å². The molecule has 2 aromatic heterocycles. The summed E-state index contributed by atoms with van der Waals surface area (Å²) in [5.74, 6) is 1.66. The third-order valence-electron chi connectivity index (χ3n) is 6.02. The van der Waals surface area contributed by atoms with Crippen molar-refractivity contribution in [2.45, 2.75) is 45.2 Å². The standard InChI is InChI=1S/C22H24N4OS/c1-15-24-18(14-28-15)12-25-10-9-23-21(25)20-13-26(22(27)16-6-4-7-16)11-17-5-2-3-8-19(17)20/h2-3,5,8-10,14,16,20H,4,6-7,11-13H2,1H3. The number of aryl methyl sites for hydroxylation is 1. The number of carbonyl (C=O) groups excluding carboxylic acids is 1. The summed E-state index contributed by atoms with van der Waals surface area (Å²) in [5, 5.41) is 3.19. The Morgan fingerprint density at radius 3 is 2.89 bits per heavy atom. The first-order valence-electron chi connectivity index (χ1n) is 9.97. The number of hydrogen-bond acceptors (Lipinski definition) is 4. The van der Waals surface area contributed by atoms with Crippen LogP contribution in [0.3, 0.4) is 0 Å². The van der Waals surface area contributed by atoms with E-state index in [1.807, 2.05) is 19.3 Å². The number of fused-ring (bicyclic) bond motifs is 1. The topological polar surface area (TPSA) is 51.0 Å². The van der Waals surface area contributed by atoms with E-state index in [-0.39, 0.29) is 11.8 Å². The molecule has 1 amide bonds. The van der Waals surface area contributed by atoms with Crippen LogP contribution in [0.2, 0.25) is 0 Å². The van der Waals surface area contributed by atoms with Gasteiger partial charge in [-0.25, -0.2) is 9.97 Å². The van der Waals surface area contributed by atoms with E-state index >= 15 is 0 Å². The number of imidazole rings is 1. The van der Waals surface area contributed by atoms with Crippen LogP contribution in [-0.4, -0.2) is 31.9 Å². The lowest BCUT2D eigenvalue weighted by Crippen LogP contribution is -2.43.